The Morgan fingerprint density at radius 1 is 0.355 bits per heavy atom. The molecule has 8 aromatic carbocycles. The van der Waals surface area contributed by atoms with Gasteiger partial charge < -0.3 is 96.0 Å². The van der Waals surface area contributed by atoms with Gasteiger partial charge in [-0.25, -0.2) is 13.2 Å². The van der Waals surface area contributed by atoms with Gasteiger partial charge in [-0.05, 0) is 237 Å². The average Bonchev–Trinajstić information content (AvgIpc) is 1.60. The van der Waals surface area contributed by atoms with Gasteiger partial charge in [0.25, 0.3) is 0 Å². The van der Waals surface area contributed by atoms with Crippen LogP contribution in [0.5, 0.6) is 23.0 Å². The van der Waals surface area contributed by atoms with Crippen LogP contribution in [0.1, 0.15) is 77.6 Å². The molecular weight excluding hydrogens is 1980 g/mol. The lowest BCUT2D eigenvalue weighted by molar-refractivity contribution is -0.166. The second-order valence-electron chi connectivity index (χ2n) is 31.7. The Morgan fingerprint density at radius 3 is 0.879 bits per heavy atom. The van der Waals surface area contributed by atoms with Crippen LogP contribution in [-0.4, -0.2) is 225 Å². The molecule has 32 heteroatoms. The van der Waals surface area contributed by atoms with Crippen molar-refractivity contribution < 1.29 is 89.2 Å². The Labute approximate surface area is 771 Å². The maximum Gasteiger partial charge on any atom is 0.219 e. The van der Waals surface area contributed by atoms with Crippen molar-refractivity contribution in [3.63, 3.8) is 0 Å². The Morgan fingerprint density at radius 2 is 0.605 bits per heavy atom. The summed E-state index contributed by atoms with van der Waals surface area (Å²) in [6.07, 6.45) is -0.940. The lowest BCUT2D eigenvalue weighted by atomic mass is 10.1. The highest BCUT2D eigenvalue weighted by atomic mass is 127. The zero-order chi connectivity index (χ0) is 88.0. The molecule has 124 heavy (non-hydrogen) atoms. The number of carbonyl (C=O) groups is 4. The Bertz CT molecular complexity index is 4350. The minimum Gasteiger partial charge on any atom is -0.491 e. The van der Waals surface area contributed by atoms with Crippen LogP contribution in [0.3, 0.4) is 0 Å². The minimum absolute atomic E-state index is 0.124. The van der Waals surface area contributed by atoms with E-state index in [2.05, 4.69) is 115 Å². The van der Waals surface area contributed by atoms with E-state index in [-0.39, 0.29) is 64.7 Å². The first-order chi connectivity index (χ1) is 59.3. The maximum absolute atomic E-state index is 14.4. The molecule has 664 valence electrons. The van der Waals surface area contributed by atoms with Gasteiger partial charge in [0, 0.05) is 194 Å². The Kier molecular flexibility index (Phi) is 32.1. The van der Waals surface area contributed by atoms with Crippen molar-refractivity contribution in [2.75, 3.05) is 177 Å². The molecule has 0 spiro atoms. The molecule has 8 atom stereocenters. The molecule has 0 N–H and O–H groups in total. The lowest BCUT2D eigenvalue weighted by Crippen LogP contribution is -2.48. The van der Waals surface area contributed by atoms with E-state index in [1.54, 1.807) is 59.7 Å². The molecule has 8 aromatic rings. The monoisotopic (exact) mass is 2080 g/mol. The van der Waals surface area contributed by atoms with Crippen molar-refractivity contribution in [2.45, 2.75) is 103 Å². The van der Waals surface area contributed by atoms with E-state index in [0.29, 0.717) is 68.5 Å². The molecule has 8 fully saturated rings. The number of hydrogen-bond donors (Lipinski definition) is 0. The fourth-order valence-electron chi connectivity index (χ4n) is 15.8. The minimum atomic E-state index is -1.12. The highest BCUT2D eigenvalue weighted by Gasteiger charge is 2.45. The predicted molar refractivity (Wildman–Crippen MR) is 490 cm³/mol. The van der Waals surface area contributed by atoms with Gasteiger partial charge >= 0.3 is 0 Å². The van der Waals surface area contributed by atoms with Gasteiger partial charge in [-0.2, -0.15) is 0 Å². The third-order valence-corrected chi connectivity index (χ3v) is 25.8. The highest BCUT2D eigenvalue weighted by molar-refractivity contribution is 14.1. The normalized spacial score (nSPS) is 23.8. The molecule has 0 aliphatic carbocycles. The summed E-state index contributed by atoms with van der Waals surface area (Å²) in [5.41, 5.74) is 7.18. The molecule has 4 amide bonds. The molecule has 0 bridgehead atoms. The number of carbonyl (C=O) groups excluding carboxylic acids is 4. The number of nitrogens with zero attached hydrogens (tertiary/aromatic N) is 8. The van der Waals surface area contributed by atoms with Gasteiger partial charge in [-0.3, -0.25) is 19.2 Å². The smallest absolute Gasteiger partial charge is 0.219 e. The van der Waals surface area contributed by atoms with Crippen LogP contribution in [0.4, 0.5) is 35.9 Å². The molecule has 0 radical (unpaired) electrons. The van der Waals surface area contributed by atoms with Gasteiger partial charge in [-0.1, -0.05) is 49.5 Å². The molecule has 24 nitrogen and oxygen atoms in total. The second-order valence-corrected chi connectivity index (χ2v) is 36.3. The first kappa shape index (κ1) is 93.8. The molecule has 8 unspecified atom stereocenters. The van der Waals surface area contributed by atoms with Crippen LogP contribution in [0.15, 0.2) is 179 Å². The number of amides is 4. The molecular formula is C92H104Br2ClF3I2N8O16. The SMILES string of the molecule is CC(=O)N1CCN(c2ccc(OCC3COC(C)(c4ccc(F)cc4Br)O3)cc2)CC1.CC(=O)N1CCN(c2ccc(OCC3COC(C)(c4ccc(F)cc4Cl)O3)cc2)CC1.CC(=O)N1CCN(c2ccc(OCC3COC(C)(c4ccc(I)cc4Br)O3)cc2)CC1.CC(=O)N1CCN(c2ccc(OCC3COC(C)(c4ccc(I)cc4F)O3)cc2)CC1. The third kappa shape index (κ3) is 24.5. The van der Waals surface area contributed by atoms with Crippen LogP contribution < -0.4 is 38.5 Å². The van der Waals surface area contributed by atoms with E-state index in [9.17, 15) is 32.3 Å². The van der Waals surface area contributed by atoms with E-state index >= 15 is 0 Å². The van der Waals surface area contributed by atoms with Crippen molar-refractivity contribution in [2.24, 2.45) is 0 Å². The summed E-state index contributed by atoms with van der Waals surface area (Å²) >= 11 is 17.5. The first-order valence-electron chi connectivity index (χ1n) is 41.4. The van der Waals surface area contributed by atoms with Gasteiger partial charge in [0.05, 0.1) is 31.5 Å². The summed E-state index contributed by atoms with van der Waals surface area (Å²) in [4.78, 5) is 62.5. The van der Waals surface area contributed by atoms with Crippen molar-refractivity contribution in [1.82, 2.24) is 19.6 Å². The van der Waals surface area contributed by atoms with Crippen LogP contribution in [0.25, 0.3) is 0 Å². The number of rotatable bonds is 20. The standard InChI is InChI=1S/C23H26BrFN2O4.C23H26BrIN2O4.C23H26ClFN2O4.C23H26FIN2O4/c4*1-16(28)26-9-11-27(12-10-26)18-4-6-19(7-5-18)29-14-20-15-30-23(2,31-20)21-8-3-17(25)13-22(21)24/h4*3-8,13,20H,9-12,14-15H2,1-2H3. The molecule has 8 saturated heterocycles. The zero-order valence-electron chi connectivity index (χ0n) is 70.6. The van der Waals surface area contributed by atoms with E-state index in [1.165, 1.54) is 30.3 Å². The van der Waals surface area contributed by atoms with Crippen LogP contribution in [0, 0.1) is 24.6 Å². The topological polar surface area (TPSA) is 205 Å². The summed E-state index contributed by atoms with van der Waals surface area (Å²) < 4.78 is 116. The van der Waals surface area contributed by atoms with E-state index in [4.69, 9.17) is 68.4 Å². The van der Waals surface area contributed by atoms with Crippen LogP contribution in [0.2, 0.25) is 5.02 Å². The number of benzene rings is 8. The van der Waals surface area contributed by atoms with Crippen molar-refractivity contribution in [1.29, 1.82) is 0 Å². The fourth-order valence-corrected chi connectivity index (χ4v) is 18.9. The summed E-state index contributed by atoms with van der Waals surface area (Å²) in [6, 6.07) is 51.6. The molecule has 0 saturated carbocycles. The van der Waals surface area contributed by atoms with Crippen molar-refractivity contribution >= 4 is 135 Å². The van der Waals surface area contributed by atoms with Crippen LogP contribution >= 0.6 is 88.6 Å². The van der Waals surface area contributed by atoms with Crippen molar-refractivity contribution in [3.8, 4) is 23.0 Å². The summed E-state index contributed by atoms with van der Waals surface area (Å²) in [6.45, 7) is 29.3. The maximum atomic E-state index is 14.4. The predicted octanol–water partition coefficient (Wildman–Crippen LogP) is 15.9. The largest absolute Gasteiger partial charge is 0.491 e. The molecule has 0 aromatic heterocycles. The van der Waals surface area contributed by atoms with Crippen LogP contribution in [-0.2, 0) is 80.2 Å². The van der Waals surface area contributed by atoms with Gasteiger partial charge in [0.2, 0.25) is 23.6 Å². The average molecular weight is 2080 g/mol. The highest BCUT2D eigenvalue weighted by Crippen LogP contribution is 2.43. The van der Waals surface area contributed by atoms with E-state index in [0.717, 1.165) is 173 Å². The number of halogens is 8. The second kappa shape index (κ2) is 42.4. The van der Waals surface area contributed by atoms with Gasteiger partial charge in [0.15, 0.2) is 23.1 Å². The number of piperazine rings is 4. The quantitative estimate of drug-likeness (QED) is 0.0651. The molecule has 8 aliphatic heterocycles. The Hall–Kier alpha value is -7.78. The summed E-state index contributed by atoms with van der Waals surface area (Å²) in [5.74, 6) is -1.39. The summed E-state index contributed by atoms with van der Waals surface area (Å²) in [7, 11) is 0. The number of anilines is 4. The van der Waals surface area contributed by atoms with Gasteiger partial charge in [-0.15, -0.1) is 0 Å². The first-order valence-corrected chi connectivity index (χ1v) is 45.5. The van der Waals surface area contributed by atoms with Crippen molar-refractivity contribution in [3.05, 3.63) is 231 Å². The fraction of sp³-hybridized carbons (Fsp3) is 0.435. The summed E-state index contributed by atoms with van der Waals surface area (Å²) in [5, 5.41) is 0.267. The van der Waals surface area contributed by atoms with E-state index < -0.39 is 29.0 Å². The van der Waals surface area contributed by atoms with E-state index in [1.807, 2.05) is 137 Å². The number of ether oxygens (including phenoxy) is 12. The molecule has 8 aliphatic rings. The lowest BCUT2D eigenvalue weighted by Gasteiger charge is -2.35. The zero-order valence-corrected chi connectivity index (χ0v) is 78.8. The molecule has 16 rings (SSSR count). The Balaban J connectivity index is 0.000000142. The molecule has 8 heterocycles. The number of hydrogen-bond acceptors (Lipinski definition) is 20. The van der Waals surface area contributed by atoms with Gasteiger partial charge in [0.1, 0.15) is 91.3 Å². The third-order valence-electron chi connectivity index (χ3n) is 22.9.